The summed E-state index contributed by atoms with van der Waals surface area (Å²) >= 11 is 3.62. The second-order valence-electron chi connectivity index (χ2n) is 20.2. The maximum atomic E-state index is 8.15. The number of ether oxygens (including phenoxy) is 2. The van der Waals surface area contributed by atoms with Crippen LogP contribution in [0.4, 0.5) is 34.5 Å². The zero-order valence-electron chi connectivity index (χ0n) is 41.6. The molecule has 17 rings (SSSR count). The summed E-state index contributed by atoms with van der Waals surface area (Å²) in [5.41, 5.74) is 7.29. The highest BCUT2D eigenvalue weighted by atomic mass is 32.1. The van der Waals surface area contributed by atoms with Gasteiger partial charge in [0.05, 0.1) is 11.4 Å². The molecule has 0 radical (unpaired) electrons. The van der Waals surface area contributed by atoms with Gasteiger partial charge in [-0.1, -0.05) is 158 Å². The van der Waals surface area contributed by atoms with Crippen LogP contribution >= 0.6 is 22.7 Å². The maximum Gasteiger partial charge on any atom is 0.205 e. The second kappa shape index (κ2) is 16.5. The van der Waals surface area contributed by atoms with Gasteiger partial charge in [-0.15, -0.1) is 22.7 Å². The molecule has 2 spiro atoms. The first-order chi connectivity index (χ1) is 38.7. The Kier molecular flexibility index (Phi) is 9.20. The van der Waals surface area contributed by atoms with Crippen LogP contribution in [0, 0.1) is 0 Å². The largest absolute Gasteiger partial charge is 0.457 e. The van der Waals surface area contributed by atoms with Gasteiger partial charge in [0, 0.05) is 97.2 Å². The molecule has 3 aliphatic rings. The number of benzene rings is 10. The minimum absolute atomic E-state index is 0.656. The van der Waals surface area contributed by atoms with Crippen molar-refractivity contribution in [1.82, 2.24) is 0 Å². The van der Waals surface area contributed by atoms with Crippen LogP contribution in [0.25, 0.3) is 40.3 Å². The van der Waals surface area contributed by atoms with Crippen molar-refractivity contribution in [3.63, 3.8) is 0 Å². The molecule has 0 bridgehead atoms. The molecule has 6 heterocycles. The van der Waals surface area contributed by atoms with Crippen LogP contribution in [0.15, 0.2) is 264 Å². The molecule has 0 N–H and O–H groups in total. The smallest absolute Gasteiger partial charge is 0.205 e. The average molecular weight is 1040 g/mol. The highest BCUT2D eigenvalue weighted by Gasteiger charge is 2.63. The second-order valence-corrected chi connectivity index (χ2v) is 22.4. The molecule has 4 aromatic heterocycles. The van der Waals surface area contributed by atoms with Crippen molar-refractivity contribution in [2.24, 2.45) is 0 Å². The molecule has 1 aliphatic carbocycles. The SMILES string of the molecule is c1ccc(N(c2cc3c(o2)C2(c4ccccc4Oc4ccccc42)c2cc(N(c4ccccc4)c4cccc5sc6ccccc6c45)oc2C32c3ccccc3Oc3ccccc32)c2cccc3sc4ccccc4c23)cc1. The van der Waals surface area contributed by atoms with Gasteiger partial charge in [0.2, 0.25) is 11.8 Å². The quantitative estimate of drug-likeness (QED) is 0.165. The van der Waals surface area contributed by atoms with E-state index < -0.39 is 10.8 Å². The Hall–Kier alpha value is -9.60. The van der Waals surface area contributed by atoms with Crippen LogP contribution in [-0.2, 0) is 10.8 Å². The van der Waals surface area contributed by atoms with Gasteiger partial charge in [-0.2, -0.15) is 0 Å². The molecule has 0 saturated carbocycles. The minimum Gasteiger partial charge on any atom is -0.457 e. The number of anilines is 6. The molecule has 0 saturated heterocycles. The van der Waals surface area contributed by atoms with Crippen LogP contribution < -0.4 is 19.3 Å². The topological polar surface area (TPSA) is 51.2 Å². The number of rotatable bonds is 6. The molecule has 14 aromatic rings. The van der Waals surface area contributed by atoms with Crippen molar-refractivity contribution >= 4 is 97.5 Å². The summed E-state index contributed by atoms with van der Waals surface area (Å²) in [5, 5.41) is 4.71. The van der Waals surface area contributed by atoms with E-state index in [9.17, 15) is 0 Å². The van der Waals surface area contributed by atoms with Crippen LogP contribution in [-0.4, -0.2) is 0 Å². The number of para-hydroxylation sites is 6. The fourth-order valence-corrected chi connectivity index (χ4v) is 15.5. The Morgan fingerprint density at radius 2 is 0.628 bits per heavy atom. The molecule has 78 heavy (non-hydrogen) atoms. The summed E-state index contributed by atoms with van der Waals surface area (Å²) in [7, 11) is 0. The molecular formula is C70H42N2O4S2. The predicted octanol–water partition coefficient (Wildman–Crippen LogP) is 19.8. The third-order valence-electron chi connectivity index (χ3n) is 16.2. The Labute approximate surface area is 456 Å². The first-order valence-electron chi connectivity index (χ1n) is 26.2. The molecule has 6 nitrogen and oxygen atoms in total. The van der Waals surface area contributed by atoms with Crippen molar-refractivity contribution in [3.8, 4) is 23.0 Å². The summed E-state index contributed by atoms with van der Waals surface area (Å²) in [5.74, 6) is 5.77. The fraction of sp³-hybridized carbons (Fsp3) is 0.0286. The van der Waals surface area contributed by atoms with Gasteiger partial charge < -0.3 is 18.3 Å². The van der Waals surface area contributed by atoms with Crippen molar-refractivity contribution < 1.29 is 18.3 Å². The number of fused-ring (bicyclic) bond motifs is 20. The Bertz CT molecular complexity index is 4300. The summed E-state index contributed by atoms with van der Waals surface area (Å²) < 4.78 is 35.2. The number of nitrogens with zero attached hydrogens (tertiary/aromatic N) is 2. The Balaban J connectivity index is 1.05. The van der Waals surface area contributed by atoms with E-state index in [1.165, 1.54) is 29.6 Å². The third kappa shape index (κ3) is 5.85. The first-order valence-corrected chi connectivity index (χ1v) is 27.9. The lowest BCUT2D eigenvalue weighted by Gasteiger charge is -2.48. The van der Waals surface area contributed by atoms with E-state index in [1.54, 1.807) is 0 Å². The summed E-state index contributed by atoms with van der Waals surface area (Å²) in [6.07, 6.45) is 0. The van der Waals surface area contributed by atoms with E-state index in [2.05, 4.69) is 265 Å². The zero-order chi connectivity index (χ0) is 51.1. The molecule has 2 aliphatic heterocycles. The highest BCUT2D eigenvalue weighted by molar-refractivity contribution is 7.26. The standard InChI is InChI=1S/C70H42N2O4S2/c1-3-21-43(22-4-1)71(53-31-19-39-61-65(53)45-25-7-17-37-59(45)77-61)63-41-51-67(75-63)70(49-29-11-15-35-57(49)74-58-36-16-12-30-50(58)70)52-42-64(76-68(52)69(51)47-27-9-13-33-55(47)73-56-34-14-10-28-48(56)69)72(44-23-5-2-6-24-44)54-32-20-40-62-66(54)46-26-8-18-38-60(46)78-62/h1-42H. The lowest BCUT2D eigenvalue weighted by atomic mass is 9.54. The van der Waals surface area contributed by atoms with Crippen LogP contribution in [0.1, 0.15) is 44.9 Å². The monoisotopic (exact) mass is 1040 g/mol. The number of thiophene rings is 2. The molecule has 0 amide bonds. The van der Waals surface area contributed by atoms with E-state index in [0.717, 1.165) is 101 Å². The molecular weight excluding hydrogens is 997 g/mol. The first kappa shape index (κ1) is 43.6. The van der Waals surface area contributed by atoms with E-state index in [1.807, 2.05) is 22.7 Å². The summed E-state index contributed by atoms with van der Waals surface area (Å²) in [6, 6.07) is 90.3. The van der Waals surface area contributed by atoms with Gasteiger partial charge in [-0.05, 0) is 84.9 Å². The third-order valence-corrected chi connectivity index (χ3v) is 18.5. The minimum atomic E-state index is -1.14. The van der Waals surface area contributed by atoms with Crippen LogP contribution in [0.2, 0.25) is 0 Å². The average Bonchev–Trinajstić information content (AvgIpc) is 4.47. The zero-order valence-corrected chi connectivity index (χ0v) is 43.2. The molecule has 0 unspecified atom stereocenters. The highest BCUT2D eigenvalue weighted by Crippen LogP contribution is 2.69. The summed E-state index contributed by atoms with van der Waals surface area (Å²) in [6.45, 7) is 0. The Morgan fingerprint density at radius 3 is 1.03 bits per heavy atom. The summed E-state index contributed by atoms with van der Waals surface area (Å²) in [4.78, 5) is 4.62. The lowest BCUT2D eigenvalue weighted by molar-refractivity contribution is 0.353. The van der Waals surface area contributed by atoms with E-state index >= 15 is 0 Å². The van der Waals surface area contributed by atoms with E-state index in [4.69, 9.17) is 18.3 Å². The number of hydrogen-bond acceptors (Lipinski definition) is 8. The molecule has 0 atom stereocenters. The van der Waals surface area contributed by atoms with Gasteiger partial charge in [-0.25, -0.2) is 0 Å². The molecule has 0 fully saturated rings. The molecule has 8 heteroatoms. The van der Waals surface area contributed by atoms with Crippen LogP contribution in [0.3, 0.4) is 0 Å². The number of furan rings is 2. The van der Waals surface area contributed by atoms with E-state index in [-0.39, 0.29) is 0 Å². The van der Waals surface area contributed by atoms with Crippen molar-refractivity contribution in [2.45, 2.75) is 10.8 Å². The van der Waals surface area contributed by atoms with Gasteiger partial charge in [0.25, 0.3) is 0 Å². The van der Waals surface area contributed by atoms with Crippen LogP contribution in [0.5, 0.6) is 23.0 Å². The number of hydrogen-bond donors (Lipinski definition) is 0. The van der Waals surface area contributed by atoms with Crippen molar-refractivity contribution in [1.29, 1.82) is 0 Å². The van der Waals surface area contributed by atoms with Gasteiger partial charge in [-0.3, -0.25) is 9.80 Å². The normalized spacial score (nSPS) is 14.1. The lowest BCUT2D eigenvalue weighted by Crippen LogP contribution is -2.46. The van der Waals surface area contributed by atoms with Gasteiger partial charge in [0.1, 0.15) is 45.3 Å². The Morgan fingerprint density at radius 1 is 0.295 bits per heavy atom. The van der Waals surface area contributed by atoms with Crippen molar-refractivity contribution in [3.05, 3.63) is 300 Å². The van der Waals surface area contributed by atoms with Gasteiger partial charge in [0.15, 0.2) is 0 Å². The maximum absolute atomic E-state index is 8.15. The van der Waals surface area contributed by atoms with Gasteiger partial charge >= 0.3 is 0 Å². The molecule has 368 valence electrons. The van der Waals surface area contributed by atoms with E-state index in [0.29, 0.717) is 11.8 Å². The molecule has 10 aromatic carbocycles. The fourth-order valence-electron chi connectivity index (χ4n) is 13.2. The van der Waals surface area contributed by atoms with Crippen molar-refractivity contribution in [2.75, 3.05) is 9.80 Å². The predicted molar refractivity (Wildman–Crippen MR) is 316 cm³/mol.